The molecule has 0 amide bonds. The summed E-state index contributed by atoms with van der Waals surface area (Å²) in [5.74, 6) is 0.270. The third kappa shape index (κ3) is 2.20. The Balaban J connectivity index is 2.15. The van der Waals surface area contributed by atoms with Crippen LogP contribution in [0.15, 0.2) is 65.3 Å². The van der Waals surface area contributed by atoms with Crippen LogP contribution in [0.4, 0.5) is 5.82 Å². The molecule has 0 saturated heterocycles. The number of aromatic nitrogens is 2. The summed E-state index contributed by atoms with van der Waals surface area (Å²) in [4.78, 5) is 0. The quantitative estimate of drug-likeness (QED) is 0.777. The molecule has 3 aromatic rings. The van der Waals surface area contributed by atoms with Crippen LogP contribution in [0.5, 0.6) is 0 Å². The summed E-state index contributed by atoms with van der Waals surface area (Å²) in [6, 6.07) is 20.1. The highest BCUT2D eigenvalue weighted by Crippen LogP contribution is 2.32. The maximum Gasteiger partial charge on any atom is 0.192 e. The number of nitrogens with zero attached hydrogens (tertiary/aromatic N) is 2. The van der Waals surface area contributed by atoms with Crippen molar-refractivity contribution in [2.75, 3.05) is 5.73 Å². The molecule has 0 saturated carbocycles. The molecule has 0 bridgehead atoms. The summed E-state index contributed by atoms with van der Waals surface area (Å²) in [7, 11) is 0. The monoisotopic (exact) mass is 251 g/mol. The van der Waals surface area contributed by atoms with Crippen LogP contribution in [0.3, 0.4) is 0 Å². The fourth-order valence-electron chi connectivity index (χ4n) is 2.20. The molecule has 0 spiro atoms. The van der Waals surface area contributed by atoms with Gasteiger partial charge < -0.3 is 5.73 Å². The summed E-state index contributed by atoms with van der Waals surface area (Å²) in [5.41, 5.74) is 8.71. The van der Waals surface area contributed by atoms with Crippen molar-refractivity contribution >= 4 is 5.82 Å². The Hall–Kier alpha value is -2.62. The number of nitrogen functional groups attached to an aromatic ring is 1. The minimum atomic E-state index is -0.0614. The van der Waals surface area contributed by atoms with Gasteiger partial charge in [0.15, 0.2) is 5.82 Å². The van der Waals surface area contributed by atoms with Crippen LogP contribution in [0.25, 0.3) is 0 Å². The lowest BCUT2D eigenvalue weighted by Gasteiger charge is -2.15. The lowest BCUT2D eigenvalue weighted by Crippen LogP contribution is -2.06. The van der Waals surface area contributed by atoms with Gasteiger partial charge in [0.25, 0.3) is 0 Å². The molecule has 2 aromatic carbocycles. The van der Waals surface area contributed by atoms with Gasteiger partial charge in [-0.3, -0.25) is 0 Å². The standard InChI is InChI=1S/C15H13N3O/c16-15-14(17-19-18-15)13(11-7-3-1-4-8-11)12-9-5-2-6-10-12/h1-10,13H,(H2,16,18). The fraction of sp³-hybridized carbons (Fsp3) is 0.0667. The molecule has 4 heteroatoms. The van der Waals surface area contributed by atoms with E-state index in [9.17, 15) is 0 Å². The molecule has 1 aromatic heterocycles. The van der Waals surface area contributed by atoms with E-state index in [1.165, 1.54) is 0 Å². The second-order valence-electron chi connectivity index (χ2n) is 4.29. The molecule has 4 nitrogen and oxygen atoms in total. The molecule has 0 radical (unpaired) electrons. The molecular weight excluding hydrogens is 238 g/mol. The van der Waals surface area contributed by atoms with E-state index in [-0.39, 0.29) is 5.92 Å². The Morgan fingerprint density at radius 3 is 1.74 bits per heavy atom. The Labute approximate surface area is 110 Å². The summed E-state index contributed by atoms with van der Waals surface area (Å²) in [5, 5.41) is 7.64. The van der Waals surface area contributed by atoms with Crippen LogP contribution in [0.1, 0.15) is 22.7 Å². The molecule has 0 aliphatic rings. The molecular formula is C15H13N3O. The smallest absolute Gasteiger partial charge is 0.192 e. The van der Waals surface area contributed by atoms with Crippen molar-refractivity contribution < 1.29 is 4.63 Å². The van der Waals surface area contributed by atoms with Gasteiger partial charge in [-0.05, 0) is 16.3 Å². The lowest BCUT2D eigenvalue weighted by molar-refractivity contribution is 0.304. The first kappa shape index (κ1) is 11.5. The predicted molar refractivity (Wildman–Crippen MR) is 72.5 cm³/mol. The van der Waals surface area contributed by atoms with Crippen LogP contribution >= 0.6 is 0 Å². The molecule has 0 aliphatic heterocycles. The van der Waals surface area contributed by atoms with Crippen molar-refractivity contribution in [1.29, 1.82) is 0 Å². The first-order valence-corrected chi connectivity index (χ1v) is 6.04. The van der Waals surface area contributed by atoms with Gasteiger partial charge >= 0.3 is 0 Å². The van der Waals surface area contributed by atoms with E-state index in [1.807, 2.05) is 60.7 Å². The molecule has 0 fully saturated rings. The van der Waals surface area contributed by atoms with Crippen LogP contribution < -0.4 is 5.73 Å². The summed E-state index contributed by atoms with van der Waals surface area (Å²) in [6.45, 7) is 0. The van der Waals surface area contributed by atoms with Crippen LogP contribution in [-0.2, 0) is 0 Å². The van der Waals surface area contributed by atoms with Crippen molar-refractivity contribution in [3.05, 3.63) is 77.5 Å². The highest BCUT2D eigenvalue weighted by molar-refractivity contribution is 5.47. The maximum absolute atomic E-state index is 5.85. The lowest BCUT2D eigenvalue weighted by atomic mass is 9.88. The average molecular weight is 251 g/mol. The van der Waals surface area contributed by atoms with Crippen LogP contribution in [-0.4, -0.2) is 10.3 Å². The number of benzene rings is 2. The van der Waals surface area contributed by atoms with Gasteiger partial charge in [0.1, 0.15) is 5.69 Å². The van der Waals surface area contributed by atoms with E-state index in [4.69, 9.17) is 10.4 Å². The SMILES string of the molecule is Nc1nonc1C(c1ccccc1)c1ccccc1. The van der Waals surface area contributed by atoms with Crippen molar-refractivity contribution in [1.82, 2.24) is 10.3 Å². The zero-order chi connectivity index (χ0) is 13.1. The summed E-state index contributed by atoms with van der Waals surface area (Å²) < 4.78 is 4.74. The van der Waals surface area contributed by atoms with Crippen molar-refractivity contribution in [2.45, 2.75) is 5.92 Å². The van der Waals surface area contributed by atoms with E-state index in [0.717, 1.165) is 11.1 Å². The zero-order valence-corrected chi connectivity index (χ0v) is 10.2. The Bertz CT molecular complexity index is 610. The van der Waals surface area contributed by atoms with Crippen LogP contribution in [0, 0.1) is 0 Å². The number of hydrogen-bond donors (Lipinski definition) is 1. The third-order valence-corrected chi connectivity index (χ3v) is 3.08. The van der Waals surface area contributed by atoms with Crippen molar-refractivity contribution in [3.63, 3.8) is 0 Å². The van der Waals surface area contributed by atoms with Crippen molar-refractivity contribution in [2.24, 2.45) is 0 Å². The molecule has 19 heavy (non-hydrogen) atoms. The second-order valence-corrected chi connectivity index (χ2v) is 4.29. The molecule has 3 rings (SSSR count). The molecule has 0 aliphatic carbocycles. The number of nitrogens with two attached hydrogens (primary N) is 1. The Morgan fingerprint density at radius 1 is 0.789 bits per heavy atom. The molecule has 2 N–H and O–H groups in total. The van der Waals surface area contributed by atoms with E-state index in [1.54, 1.807) is 0 Å². The highest BCUT2D eigenvalue weighted by atomic mass is 16.6. The maximum atomic E-state index is 5.85. The average Bonchev–Trinajstić information content (AvgIpc) is 2.88. The fourth-order valence-corrected chi connectivity index (χ4v) is 2.20. The normalized spacial score (nSPS) is 10.8. The molecule has 94 valence electrons. The molecule has 0 unspecified atom stereocenters. The Morgan fingerprint density at radius 2 is 1.32 bits per heavy atom. The number of anilines is 1. The third-order valence-electron chi connectivity index (χ3n) is 3.08. The minimum Gasteiger partial charge on any atom is -0.379 e. The van der Waals surface area contributed by atoms with Gasteiger partial charge in [0.2, 0.25) is 0 Å². The second kappa shape index (κ2) is 4.94. The Kier molecular flexibility index (Phi) is 2.98. The first-order chi connectivity index (χ1) is 9.36. The largest absolute Gasteiger partial charge is 0.379 e. The predicted octanol–water partition coefficient (Wildman–Crippen LogP) is 2.83. The van der Waals surface area contributed by atoms with Crippen molar-refractivity contribution in [3.8, 4) is 0 Å². The first-order valence-electron chi connectivity index (χ1n) is 6.04. The molecule has 0 atom stereocenters. The van der Waals surface area contributed by atoms with E-state index >= 15 is 0 Å². The van der Waals surface area contributed by atoms with E-state index in [0.29, 0.717) is 11.5 Å². The molecule has 1 heterocycles. The number of rotatable bonds is 3. The van der Waals surface area contributed by atoms with Gasteiger partial charge in [-0.15, -0.1) is 0 Å². The van der Waals surface area contributed by atoms with Gasteiger partial charge in [0, 0.05) is 0 Å². The van der Waals surface area contributed by atoms with E-state index < -0.39 is 0 Å². The highest BCUT2D eigenvalue weighted by Gasteiger charge is 2.23. The topological polar surface area (TPSA) is 64.9 Å². The van der Waals surface area contributed by atoms with Gasteiger partial charge in [-0.25, -0.2) is 4.63 Å². The van der Waals surface area contributed by atoms with Gasteiger partial charge in [-0.1, -0.05) is 65.8 Å². The zero-order valence-electron chi connectivity index (χ0n) is 10.2. The number of hydrogen-bond acceptors (Lipinski definition) is 4. The van der Waals surface area contributed by atoms with Crippen LogP contribution in [0.2, 0.25) is 0 Å². The van der Waals surface area contributed by atoms with Gasteiger partial charge in [-0.2, -0.15) is 0 Å². The summed E-state index contributed by atoms with van der Waals surface area (Å²) in [6.07, 6.45) is 0. The summed E-state index contributed by atoms with van der Waals surface area (Å²) >= 11 is 0. The van der Waals surface area contributed by atoms with Gasteiger partial charge in [0.05, 0.1) is 5.92 Å². The van der Waals surface area contributed by atoms with E-state index in [2.05, 4.69) is 10.3 Å². The minimum absolute atomic E-state index is 0.0614.